The Morgan fingerprint density at radius 2 is 2.10 bits per heavy atom. The van der Waals surface area contributed by atoms with Gasteiger partial charge in [0.1, 0.15) is 12.4 Å². The average Bonchev–Trinajstić information content (AvgIpc) is 2.36. The first-order chi connectivity index (χ1) is 8.91. The molecule has 114 valence electrons. The molecule has 0 aliphatic heterocycles. The van der Waals surface area contributed by atoms with Crippen LogP contribution >= 0.6 is 24.0 Å². The van der Waals surface area contributed by atoms with Gasteiger partial charge in [0.15, 0.2) is 0 Å². The Hall–Kier alpha value is -0.970. The summed E-state index contributed by atoms with van der Waals surface area (Å²) in [5.41, 5.74) is 5.81. The first-order valence-electron chi connectivity index (χ1n) is 6.30. The van der Waals surface area contributed by atoms with Crippen molar-refractivity contribution in [3.63, 3.8) is 0 Å². The summed E-state index contributed by atoms with van der Waals surface area (Å²) in [7, 11) is 1.73. The van der Waals surface area contributed by atoms with E-state index in [4.69, 9.17) is 22.1 Å². The van der Waals surface area contributed by atoms with Crippen molar-refractivity contribution in [1.29, 1.82) is 0 Å². The van der Waals surface area contributed by atoms with Crippen molar-refractivity contribution in [3.8, 4) is 5.75 Å². The van der Waals surface area contributed by atoms with Gasteiger partial charge in [-0.15, -0.1) is 12.4 Å². The van der Waals surface area contributed by atoms with Crippen molar-refractivity contribution >= 4 is 29.9 Å². The van der Waals surface area contributed by atoms with Crippen LogP contribution in [0.25, 0.3) is 0 Å². The third-order valence-electron chi connectivity index (χ3n) is 2.87. The van der Waals surface area contributed by atoms with Gasteiger partial charge >= 0.3 is 0 Å². The predicted octanol–water partition coefficient (Wildman–Crippen LogP) is 2.58. The molecule has 0 saturated heterocycles. The van der Waals surface area contributed by atoms with Gasteiger partial charge in [0.05, 0.1) is 12.6 Å². The van der Waals surface area contributed by atoms with Crippen molar-refractivity contribution in [2.45, 2.75) is 19.9 Å². The zero-order valence-electron chi connectivity index (χ0n) is 12.0. The van der Waals surface area contributed by atoms with E-state index in [1.807, 2.05) is 26.0 Å². The largest absolute Gasteiger partial charge is 0.492 e. The van der Waals surface area contributed by atoms with Gasteiger partial charge in [0.2, 0.25) is 5.91 Å². The molecule has 0 spiro atoms. The van der Waals surface area contributed by atoms with E-state index in [1.54, 1.807) is 24.1 Å². The van der Waals surface area contributed by atoms with E-state index in [-0.39, 0.29) is 24.2 Å². The predicted molar refractivity (Wildman–Crippen MR) is 84.6 cm³/mol. The molecule has 0 aromatic heterocycles. The van der Waals surface area contributed by atoms with Crippen molar-refractivity contribution in [2.24, 2.45) is 11.7 Å². The number of nitrogens with two attached hydrogens (primary N) is 1. The fraction of sp³-hybridized carbons (Fsp3) is 0.500. The number of ether oxygens (including phenoxy) is 1. The van der Waals surface area contributed by atoms with Crippen molar-refractivity contribution < 1.29 is 9.53 Å². The van der Waals surface area contributed by atoms with Gasteiger partial charge < -0.3 is 15.4 Å². The minimum absolute atomic E-state index is 0. The second-order valence-electron chi connectivity index (χ2n) is 4.84. The SMILES string of the molecule is CC(C)[C@@H](N)C(=O)N(C)CCOc1cccc(Cl)c1.Cl. The number of likely N-dealkylation sites (N-methyl/N-ethyl adjacent to an activating group) is 1. The van der Waals surface area contributed by atoms with Crippen LogP contribution in [0.15, 0.2) is 24.3 Å². The lowest BCUT2D eigenvalue weighted by atomic mass is 10.0. The van der Waals surface area contributed by atoms with E-state index in [9.17, 15) is 4.79 Å². The zero-order valence-corrected chi connectivity index (χ0v) is 13.6. The van der Waals surface area contributed by atoms with Crippen molar-refractivity contribution in [1.82, 2.24) is 4.90 Å². The molecular weight excluding hydrogens is 299 g/mol. The van der Waals surface area contributed by atoms with Gasteiger partial charge in [0.25, 0.3) is 0 Å². The lowest BCUT2D eigenvalue weighted by Crippen LogP contribution is -2.46. The molecule has 1 atom stereocenters. The number of amides is 1. The first-order valence-corrected chi connectivity index (χ1v) is 6.68. The number of carbonyl (C=O) groups is 1. The topological polar surface area (TPSA) is 55.6 Å². The normalized spacial score (nSPS) is 11.7. The summed E-state index contributed by atoms with van der Waals surface area (Å²) in [6.07, 6.45) is 0. The van der Waals surface area contributed by atoms with Crippen LogP contribution in [0, 0.1) is 5.92 Å². The van der Waals surface area contributed by atoms with Crippen LogP contribution in [0.2, 0.25) is 5.02 Å². The molecule has 0 heterocycles. The maximum Gasteiger partial charge on any atom is 0.239 e. The average molecular weight is 321 g/mol. The van der Waals surface area contributed by atoms with Crippen LogP contribution in [0.4, 0.5) is 0 Å². The van der Waals surface area contributed by atoms with E-state index in [2.05, 4.69) is 0 Å². The molecule has 0 aliphatic rings. The second-order valence-corrected chi connectivity index (χ2v) is 5.27. The third kappa shape index (κ3) is 5.99. The Morgan fingerprint density at radius 3 is 2.65 bits per heavy atom. The molecule has 1 aromatic carbocycles. The Morgan fingerprint density at radius 1 is 1.45 bits per heavy atom. The van der Waals surface area contributed by atoms with Crippen LogP contribution in [-0.4, -0.2) is 37.0 Å². The summed E-state index contributed by atoms with van der Waals surface area (Å²) in [6.45, 7) is 4.76. The van der Waals surface area contributed by atoms with E-state index in [1.165, 1.54) is 0 Å². The minimum Gasteiger partial charge on any atom is -0.492 e. The molecule has 0 radical (unpaired) electrons. The molecule has 1 amide bonds. The summed E-state index contributed by atoms with van der Waals surface area (Å²) in [5.74, 6) is 0.759. The van der Waals surface area contributed by atoms with E-state index >= 15 is 0 Å². The number of halogens is 2. The highest BCUT2D eigenvalue weighted by molar-refractivity contribution is 6.30. The van der Waals surface area contributed by atoms with Crippen LogP contribution in [0.1, 0.15) is 13.8 Å². The van der Waals surface area contributed by atoms with E-state index < -0.39 is 6.04 Å². The molecule has 0 saturated carbocycles. The molecule has 2 N–H and O–H groups in total. The van der Waals surface area contributed by atoms with Crippen molar-refractivity contribution in [3.05, 3.63) is 29.3 Å². The monoisotopic (exact) mass is 320 g/mol. The highest BCUT2D eigenvalue weighted by atomic mass is 35.5. The molecular formula is C14H22Cl2N2O2. The van der Waals surface area contributed by atoms with Crippen LogP contribution < -0.4 is 10.5 Å². The molecule has 4 nitrogen and oxygen atoms in total. The zero-order chi connectivity index (χ0) is 14.4. The number of hydrogen-bond acceptors (Lipinski definition) is 3. The number of nitrogens with zero attached hydrogens (tertiary/aromatic N) is 1. The van der Waals surface area contributed by atoms with Gasteiger partial charge in [-0.2, -0.15) is 0 Å². The number of rotatable bonds is 6. The summed E-state index contributed by atoms with van der Waals surface area (Å²) in [6, 6.07) is 6.71. The fourth-order valence-corrected chi connectivity index (χ4v) is 1.69. The smallest absolute Gasteiger partial charge is 0.239 e. The molecule has 0 fully saturated rings. The lowest BCUT2D eigenvalue weighted by Gasteiger charge is -2.23. The Balaban J connectivity index is 0.00000361. The molecule has 20 heavy (non-hydrogen) atoms. The third-order valence-corrected chi connectivity index (χ3v) is 3.11. The molecule has 6 heteroatoms. The lowest BCUT2D eigenvalue weighted by molar-refractivity contribution is -0.132. The quantitative estimate of drug-likeness (QED) is 0.876. The molecule has 1 rings (SSSR count). The summed E-state index contributed by atoms with van der Waals surface area (Å²) in [4.78, 5) is 13.5. The van der Waals surface area contributed by atoms with Gasteiger partial charge in [-0.25, -0.2) is 0 Å². The summed E-state index contributed by atoms with van der Waals surface area (Å²) in [5, 5.41) is 0.628. The van der Waals surface area contributed by atoms with Crippen molar-refractivity contribution in [2.75, 3.05) is 20.2 Å². The van der Waals surface area contributed by atoms with Gasteiger partial charge in [-0.3, -0.25) is 4.79 Å². The number of benzene rings is 1. The molecule has 0 unspecified atom stereocenters. The maximum absolute atomic E-state index is 11.9. The summed E-state index contributed by atoms with van der Waals surface area (Å²) >= 11 is 5.85. The minimum atomic E-state index is -0.462. The Bertz CT molecular complexity index is 427. The first kappa shape index (κ1) is 19.0. The van der Waals surface area contributed by atoms with Crippen LogP contribution in [0.3, 0.4) is 0 Å². The summed E-state index contributed by atoms with van der Waals surface area (Å²) < 4.78 is 5.53. The molecule has 0 bridgehead atoms. The number of hydrogen-bond donors (Lipinski definition) is 1. The van der Waals surface area contributed by atoms with Gasteiger partial charge in [-0.1, -0.05) is 31.5 Å². The highest BCUT2D eigenvalue weighted by Crippen LogP contribution is 2.16. The maximum atomic E-state index is 11.9. The van der Waals surface area contributed by atoms with E-state index in [0.29, 0.717) is 23.9 Å². The molecule has 0 aliphatic carbocycles. The Kier molecular flexibility index (Phi) is 8.62. The standard InChI is InChI=1S/C14H21ClN2O2.ClH/c1-10(2)13(16)14(18)17(3)7-8-19-12-6-4-5-11(15)9-12;/h4-6,9-10,13H,7-8,16H2,1-3H3;1H/t13-;/m1./s1. The second kappa shape index (κ2) is 9.06. The highest BCUT2D eigenvalue weighted by Gasteiger charge is 2.20. The fourth-order valence-electron chi connectivity index (χ4n) is 1.51. The van der Waals surface area contributed by atoms with Gasteiger partial charge in [-0.05, 0) is 24.1 Å². The Labute approximate surface area is 131 Å². The van der Waals surface area contributed by atoms with Crippen LogP contribution in [-0.2, 0) is 4.79 Å². The van der Waals surface area contributed by atoms with Crippen LogP contribution in [0.5, 0.6) is 5.75 Å². The van der Waals surface area contributed by atoms with E-state index in [0.717, 1.165) is 0 Å². The number of carbonyl (C=O) groups excluding carboxylic acids is 1. The molecule has 1 aromatic rings. The van der Waals surface area contributed by atoms with Gasteiger partial charge in [0, 0.05) is 12.1 Å².